The first-order valence-corrected chi connectivity index (χ1v) is 5.85. The molecule has 86 valence electrons. The molecule has 0 amide bonds. The van der Waals surface area contributed by atoms with Crippen molar-refractivity contribution in [2.45, 2.75) is 37.8 Å². The van der Waals surface area contributed by atoms with Crippen LogP contribution in [0.4, 0.5) is 0 Å². The number of likely N-dealkylation sites (N-methyl/N-ethyl adjacent to an activating group) is 1. The van der Waals surface area contributed by atoms with Crippen LogP contribution in [0.3, 0.4) is 0 Å². The maximum absolute atomic E-state index is 10.9. The van der Waals surface area contributed by atoms with Gasteiger partial charge in [-0.3, -0.25) is 4.79 Å². The Morgan fingerprint density at radius 3 is 2.60 bits per heavy atom. The summed E-state index contributed by atoms with van der Waals surface area (Å²) in [5, 5.41) is 12.1. The standard InChI is InChI=1S/C11H20N2O2/c1-13(9-4-5-9)7-6-12-10(11(14)15)8-2-3-8/h8-10,12H,2-7H2,1H3,(H,14,15). The van der Waals surface area contributed by atoms with E-state index in [4.69, 9.17) is 5.11 Å². The van der Waals surface area contributed by atoms with Gasteiger partial charge in [0.2, 0.25) is 0 Å². The summed E-state index contributed by atoms with van der Waals surface area (Å²) in [6.07, 6.45) is 4.76. The highest BCUT2D eigenvalue weighted by Gasteiger charge is 2.35. The average Bonchev–Trinajstić information content (AvgIpc) is 3.04. The quantitative estimate of drug-likeness (QED) is 0.646. The number of carboxylic acids is 1. The lowest BCUT2D eigenvalue weighted by Gasteiger charge is -2.18. The Hall–Kier alpha value is -0.610. The Kier molecular flexibility index (Phi) is 3.26. The third kappa shape index (κ3) is 3.18. The Bertz CT molecular complexity index is 237. The number of nitrogens with zero attached hydrogens (tertiary/aromatic N) is 1. The average molecular weight is 212 g/mol. The Morgan fingerprint density at radius 2 is 2.13 bits per heavy atom. The van der Waals surface area contributed by atoms with Crippen LogP contribution >= 0.6 is 0 Å². The van der Waals surface area contributed by atoms with Gasteiger partial charge in [0.25, 0.3) is 0 Å². The predicted molar refractivity (Wildman–Crippen MR) is 57.8 cm³/mol. The first kappa shape index (κ1) is 10.9. The molecule has 4 nitrogen and oxygen atoms in total. The third-order valence-electron chi connectivity index (χ3n) is 3.36. The Labute approximate surface area is 90.6 Å². The zero-order valence-electron chi connectivity index (χ0n) is 9.28. The molecule has 15 heavy (non-hydrogen) atoms. The summed E-state index contributed by atoms with van der Waals surface area (Å²) in [6.45, 7) is 1.75. The van der Waals surface area contributed by atoms with Crippen LogP contribution in [0.1, 0.15) is 25.7 Å². The van der Waals surface area contributed by atoms with E-state index in [9.17, 15) is 4.79 Å². The normalized spacial score (nSPS) is 23.1. The van der Waals surface area contributed by atoms with E-state index in [1.807, 2.05) is 0 Å². The van der Waals surface area contributed by atoms with Crippen molar-refractivity contribution in [3.63, 3.8) is 0 Å². The van der Waals surface area contributed by atoms with E-state index in [0.29, 0.717) is 5.92 Å². The summed E-state index contributed by atoms with van der Waals surface area (Å²) >= 11 is 0. The van der Waals surface area contributed by atoms with Crippen molar-refractivity contribution >= 4 is 5.97 Å². The first-order valence-electron chi connectivity index (χ1n) is 5.85. The van der Waals surface area contributed by atoms with Crippen molar-refractivity contribution in [1.82, 2.24) is 10.2 Å². The number of aliphatic carboxylic acids is 1. The predicted octanol–water partition coefficient (Wildman–Crippen LogP) is 0.533. The molecule has 4 heteroatoms. The van der Waals surface area contributed by atoms with Crippen LogP contribution in [0.25, 0.3) is 0 Å². The van der Waals surface area contributed by atoms with Crippen molar-refractivity contribution in [3.8, 4) is 0 Å². The fourth-order valence-electron chi connectivity index (χ4n) is 1.98. The van der Waals surface area contributed by atoms with Crippen molar-refractivity contribution in [1.29, 1.82) is 0 Å². The number of hydrogen-bond acceptors (Lipinski definition) is 3. The highest BCUT2D eigenvalue weighted by molar-refractivity contribution is 5.74. The van der Waals surface area contributed by atoms with Gasteiger partial charge in [-0.1, -0.05) is 0 Å². The van der Waals surface area contributed by atoms with Crippen LogP contribution < -0.4 is 5.32 Å². The van der Waals surface area contributed by atoms with Gasteiger partial charge in [0, 0.05) is 19.1 Å². The summed E-state index contributed by atoms with van der Waals surface area (Å²) in [6, 6.07) is 0.452. The van der Waals surface area contributed by atoms with Gasteiger partial charge in [-0.2, -0.15) is 0 Å². The van der Waals surface area contributed by atoms with E-state index in [0.717, 1.165) is 32.0 Å². The molecular formula is C11H20N2O2. The fraction of sp³-hybridized carbons (Fsp3) is 0.909. The monoisotopic (exact) mass is 212 g/mol. The summed E-state index contributed by atoms with van der Waals surface area (Å²) in [5.74, 6) is -0.305. The lowest BCUT2D eigenvalue weighted by atomic mass is 10.2. The van der Waals surface area contributed by atoms with Crippen LogP contribution in [0.15, 0.2) is 0 Å². The summed E-state index contributed by atoms with van der Waals surface area (Å²) < 4.78 is 0. The zero-order chi connectivity index (χ0) is 10.8. The molecular weight excluding hydrogens is 192 g/mol. The number of carbonyl (C=O) groups is 1. The molecule has 0 spiro atoms. The molecule has 2 aliphatic carbocycles. The highest BCUT2D eigenvalue weighted by Crippen LogP contribution is 2.32. The summed E-state index contributed by atoms with van der Waals surface area (Å²) in [7, 11) is 2.12. The molecule has 2 saturated carbocycles. The maximum Gasteiger partial charge on any atom is 0.320 e. The summed E-state index contributed by atoms with van der Waals surface area (Å²) in [5.41, 5.74) is 0. The molecule has 0 saturated heterocycles. The van der Waals surface area contributed by atoms with Crippen molar-refractivity contribution in [2.75, 3.05) is 20.1 Å². The minimum atomic E-state index is -0.688. The molecule has 1 atom stereocenters. The molecule has 1 unspecified atom stereocenters. The molecule has 0 aromatic rings. The minimum Gasteiger partial charge on any atom is -0.480 e. The van der Waals surface area contributed by atoms with Gasteiger partial charge in [-0.15, -0.1) is 0 Å². The molecule has 0 bridgehead atoms. The van der Waals surface area contributed by atoms with Crippen LogP contribution in [0.5, 0.6) is 0 Å². The second-order valence-corrected chi connectivity index (χ2v) is 4.82. The van der Waals surface area contributed by atoms with Gasteiger partial charge in [0.05, 0.1) is 0 Å². The second kappa shape index (κ2) is 4.49. The molecule has 0 heterocycles. The number of hydrogen-bond donors (Lipinski definition) is 2. The Morgan fingerprint density at radius 1 is 1.47 bits per heavy atom. The maximum atomic E-state index is 10.9. The van der Waals surface area contributed by atoms with Gasteiger partial charge in [0.1, 0.15) is 6.04 Å². The lowest BCUT2D eigenvalue weighted by molar-refractivity contribution is -0.140. The largest absolute Gasteiger partial charge is 0.480 e. The van der Waals surface area contributed by atoms with E-state index in [2.05, 4.69) is 17.3 Å². The van der Waals surface area contributed by atoms with E-state index >= 15 is 0 Å². The molecule has 2 aliphatic rings. The van der Waals surface area contributed by atoms with Crippen LogP contribution in [-0.4, -0.2) is 48.2 Å². The van der Waals surface area contributed by atoms with Crippen molar-refractivity contribution < 1.29 is 9.90 Å². The first-order chi connectivity index (χ1) is 7.18. The smallest absolute Gasteiger partial charge is 0.320 e. The molecule has 0 aromatic heterocycles. The van der Waals surface area contributed by atoms with Crippen molar-refractivity contribution in [2.24, 2.45) is 5.92 Å². The Balaban J connectivity index is 1.64. The van der Waals surface area contributed by atoms with Gasteiger partial charge in [-0.25, -0.2) is 0 Å². The highest BCUT2D eigenvalue weighted by atomic mass is 16.4. The van der Waals surface area contributed by atoms with Gasteiger partial charge in [-0.05, 0) is 38.6 Å². The van der Waals surface area contributed by atoms with E-state index in [-0.39, 0.29) is 6.04 Å². The summed E-state index contributed by atoms with van der Waals surface area (Å²) in [4.78, 5) is 13.2. The number of nitrogens with one attached hydrogen (secondary N) is 1. The zero-order valence-corrected chi connectivity index (χ0v) is 9.28. The van der Waals surface area contributed by atoms with E-state index in [1.165, 1.54) is 12.8 Å². The molecule has 2 N–H and O–H groups in total. The minimum absolute atomic E-state index is 0.308. The molecule has 0 aromatic carbocycles. The van der Waals surface area contributed by atoms with Gasteiger partial charge >= 0.3 is 5.97 Å². The molecule has 2 rings (SSSR count). The molecule has 0 aliphatic heterocycles. The van der Waals surface area contributed by atoms with E-state index in [1.54, 1.807) is 0 Å². The van der Waals surface area contributed by atoms with Crippen LogP contribution in [0, 0.1) is 5.92 Å². The second-order valence-electron chi connectivity index (χ2n) is 4.82. The topological polar surface area (TPSA) is 52.6 Å². The molecule has 0 radical (unpaired) electrons. The molecule has 2 fully saturated rings. The van der Waals surface area contributed by atoms with Gasteiger partial charge < -0.3 is 15.3 Å². The fourth-order valence-corrected chi connectivity index (χ4v) is 1.98. The van der Waals surface area contributed by atoms with Crippen LogP contribution in [-0.2, 0) is 4.79 Å². The number of carboxylic acid groups (broad SMARTS) is 1. The SMILES string of the molecule is CN(CCNC(C(=O)O)C1CC1)C1CC1. The van der Waals surface area contributed by atoms with Gasteiger partial charge in [0.15, 0.2) is 0 Å². The van der Waals surface area contributed by atoms with Crippen LogP contribution in [0.2, 0.25) is 0 Å². The van der Waals surface area contributed by atoms with Crippen molar-refractivity contribution in [3.05, 3.63) is 0 Å². The third-order valence-corrected chi connectivity index (χ3v) is 3.36. The number of rotatable bonds is 7. The van der Waals surface area contributed by atoms with E-state index < -0.39 is 5.97 Å². The lowest BCUT2D eigenvalue weighted by Crippen LogP contribution is -2.42.